The van der Waals surface area contributed by atoms with Crippen molar-refractivity contribution in [3.05, 3.63) is 52.8 Å². The normalized spacial score (nSPS) is 29.1. The number of phenolic OH excluding ortho intramolecular Hbond substituents is 3. The molecule has 0 spiro atoms. The third kappa shape index (κ3) is 6.26. The van der Waals surface area contributed by atoms with Crippen molar-refractivity contribution in [2.75, 3.05) is 0 Å². The van der Waals surface area contributed by atoms with E-state index in [1.807, 2.05) is 13.8 Å². The monoisotopic (exact) mass is 599 g/mol. The quantitative estimate of drug-likeness (QED) is 0.140. The fourth-order valence-corrected chi connectivity index (χ4v) is 6.20. The van der Waals surface area contributed by atoms with E-state index in [4.69, 9.17) is 9.47 Å². The Morgan fingerprint density at radius 1 is 1.09 bits per heavy atom. The Morgan fingerprint density at radius 2 is 1.77 bits per heavy atom. The Kier molecular flexibility index (Phi) is 9.22. The Balaban J connectivity index is 1.36. The van der Waals surface area contributed by atoms with E-state index in [1.54, 1.807) is 26.0 Å². The summed E-state index contributed by atoms with van der Waals surface area (Å²) in [6, 6.07) is 0.870. The van der Waals surface area contributed by atoms with E-state index in [0.717, 1.165) is 25.0 Å². The van der Waals surface area contributed by atoms with Crippen LogP contribution in [-0.4, -0.2) is 73.2 Å². The molecule has 4 rings (SSSR count). The third-order valence-corrected chi connectivity index (χ3v) is 9.08. The van der Waals surface area contributed by atoms with Crippen molar-refractivity contribution >= 4 is 17.5 Å². The minimum atomic E-state index is -0.958. The second-order valence-electron chi connectivity index (χ2n) is 12.3. The van der Waals surface area contributed by atoms with Crippen molar-refractivity contribution in [1.29, 1.82) is 0 Å². The van der Waals surface area contributed by atoms with Gasteiger partial charge in [-0.25, -0.2) is 0 Å². The highest BCUT2D eigenvalue weighted by molar-refractivity contribution is 6.27. The number of allylic oxidation sites excluding steroid dienone is 4. The molecule has 3 aliphatic rings. The van der Waals surface area contributed by atoms with Crippen molar-refractivity contribution in [3.63, 3.8) is 0 Å². The topological polar surface area (TPSA) is 183 Å². The van der Waals surface area contributed by atoms with Gasteiger partial charge < -0.3 is 40.3 Å². The second-order valence-corrected chi connectivity index (χ2v) is 12.3. The minimum Gasteiger partial charge on any atom is -0.504 e. The van der Waals surface area contributed by atoms with Crippen molar-refractivity contribution in [2.24, 2.45) is 23.7 Å². The third-order valence-electron chi connectivity index (χ3n) is 9.08. The number of amides is 1. The van der Waals surface area contributed by atoms with E-state index >= 15 is 0 Å². The lowest BCUT2D eigenvalue weighted by atomic mass is 9.78. The number of carbonyl (C=O) groups excluding carboxylic acids is 3. The molecule has 9 atom stereocenters. The molecule has 1 aliphatic carbocycles. The first-order valence-corrected chi connectivity index (χ1v) is 14.5. The number of hydrogen-bond donors (Lipinski definition) is 6. The molecule has 11 nitrogen and oxygen atoms in total. The van der Waals surface area contributed by atoms with Crippen LogP contribution >= 0.6 is 0 Å². The van der Waals surface area contributed by atoms with Gasteiger partial charge in [-0.2, -0.15) is 0 Å². The predicted molar refractivity (Wildman–Crippen MR) is 155 cm³/mol. The molecule has 11 heteroatoms. The smallest absolute Gasteiger partial charge is 0.251 e. The van der Waals surface area contributed by atoms with Crippen molar-refractivity contribution < 1.29 is 49.4 Å². The molecule has 43 heavy (non-hydrogen) atoms. The number of hydrogen-bond acceptors (Lipinski definition) is 10. The zero-order valence-electron chi connectivity index (χ0n) is 25.2. The standard InChI is InChI=1S/C32H41NO10/c1-14(25(36)17(4)26(37)18(5)30-16(3)23-10-11-32(6,42-23)43-30)8-7-9-15(2)31(41)33-20-13-21(34)19-12-22(35)28(39)29(40)24(19)27(20)38/h7-9,12-14,16-18,23,25-26,30,35-37,39-40H,10-11H2,1-6H3,(H,33,41)/b8-7+,15-9-/t14-,16+,17+,18+,23-,25-,26+,30+,32-/m0/s1. The predicted octanol–water partition coefficient (Wildman–Crippen LogP) is 3.25. The van der Waals surface area contributed by atoms with Gasteiger partial charge in [0.25, 0.3) is 5.91 Å². The molecule has 234 valence electrons. The number of ether oxygens (including phenoxy) is 2. The molecule has 2 saturated heterocycles. The lowest BCUT2D eigenvalue weighted by Gasteiger charge is -2.45. The number of phenols is 3. The molecule has 0 radical (unpaired) electrons. The van der Waals surface area contributed by atoms with Crippen LogP contribution in [-0.2, 0) is 14.3 Å². The van der Waals surface area contributed by atoms with Crippen molar-refractivity contribution in [1.82, 2.24) is 5.32 Å². The van der Waals surface area contributed by atoms with Gasteiger partial charge in [0.1, 0.15) is 0 Å². The van der Waals surface area contributed by atoms with E-state index in [-0.39, 0.29) is 41.1 Å². The summed E-state index contributed by atoms with van der Waals surface area (Å²) in [5.74, 6) is -6.63. The van der Waals surface area contributed by atoms with E-state index in [0.29, 0.717) is 0 Å². The molecule has 0 saturated carbocycles. The molecule has 2 bridgehead atoms. The largest absolute Gasteiger partial charge is 0.504 e. The number of nitrogens with one attached hydrogen (secondary N) is 1. The van der Waals surface area contributed by atoms with Crippen molar-refractivity contribution in [2.45, 2.75) is 84.6 Å². The number of Topliss-reactive ketones (excluding diaryl/α,β-unsaturated/α-hetero) is 1. The Labute approximate surface area is 250 Å². The lowest BCUT2D eigenvalue weighted by molar-refractivity contribution is -0.309. The molecule has 0 aromatic heterocycles. The molecular formula is C32H41NO10. The van der Waals surface area contributed by atoms with E-state index < -0.39 is 69.9 Å². The summed E-state index contributed by atoms with van der Waals surface area (Å²) in [5, 5.41) is 54.1. The molecule has 1 amide bonds. The number of rotatable bonds is 9. The Morgan fingerprint density at radius 3 is 2.44 bits per heavy atom. The number of aliphatic hydroxyl groups excluding tert-OH is 2. The molecule has 2 fully saturated rings. The van der Waals surface area contributed by atoms with Gasteiger partial charge in [0.15, 0.2) is 23.1 Å². The maximum atomic E-state index is 12.8. The fourth-order valence-electron chi connectivity index (χ4n) is 6.20. The van der Waals surface area contributed by atoms with Gasteiger partial charge in [0, 0.05) is 47.3 Å². The summed E-state index contributed by atoms with van der Waals surface area (Å²) in [4.78, 5) is 38.0. The highest BCUT2D eigenvalue weighted by atomic mass is 16.7. The Hall–Kier alpha value is -3.51. The van der Waals surface area contributed by atoms with E-state index in [1.165, 1.54) is 13.0 Å². The maximum absolute atomic E-state index is 12.8. The van der Waals surface area contributed by atoms with Gasteiger partial charge in [-0.15, -0.1) is 0 Å². The number of carbonyl (C=O) groups is 3. The average molecular weight is 600 g/mol. The van der Waals surface area contributed by atoms with Gasteiger partial charge in [-0.05, 0) is 26.3 Å². The number of ketones is 2. The average Bonchev–Trinajstić information content (AvgIpc) is 3.31. The molecule has 6 N–H and O–H groups in total. The summed E-state index contributed by atoms with van der Waals surface area (Å²) in [6.07, 6.45) is 5.52. The number of aromatic hydroxyl groups is 3. The van der Waals surface area contributed by atoms with Gasteiger partial charge >= 0.3 is 0 Å². The molecular weight excluding hydrogens is 558 g/mol. The van der Waals surface area contributed by atoms with Gasteiger partial charge in [0.05, 0.1) is 35.7 Å². The van der Waals surface area contributed by atoms with Crippen LogP contribution in [0.3, 0.4) is 0 Å². The number of aliphatic hydroxyl groups is 2. The first kappa shape index (κ1) is 32.4. The second kappa shape index (κ2) is 12.2. The first-order valence-electron chi connectivity index (χ1n) is 14.5. The summed E-state index contributed by atoms with van der Waals surface area (Å²) in [5.41, 5.74) is -1.04. The van der Waals surface area contributed by atoms with Crippen molar-refractivity contribution in [3.8, 4) is 17.2 Å². The van der Waals surface area contributed by atoms with Crippen LogP contribution in [0.5, 0.6) is 17.2 Å². The first-order chi connectivity index (χ1) is 20.1. The number of benzene rings is 1. The number of fused-ring (bicyclic) bond motifs is 3. The summed E-state index contributed by atoms with van der Waals surface area (Å²) in [6.45, 7) is 11.0. The van der Waals surface area contributed by atoms with Gasteiger partial charge in [-0.3, -0.25) is 14.4 Å². The van der Waals surface area contributed by atoms with Crippen LogP contribution < -0.4 is 5.32 Å². The highest BCUT2D eigenvalue weighted by Crippen LogP contribution is 2.46. The highest BCUT2D eigenvalue weighted by Gasteiger charge is 2.51. The fraction of sp³-hybridized carbons (Fsp3) is 0.531. The Bertz CT molecular complexity index is 1400. The summed E-state index contributed by atoms with van der Waals surface area (Å²) in [7, 11) is 0. The van der Waals surface area contributed by atoms with E-state index in [9.17, 15) is 39.9 Å². The van der Waals surface area contributed by atoms with Gasteiger partial charge in [0.2, 0.25) is 11.5 Å². The molecule has 2 heterocycles. The van der Waals surface area contributed by atoms with Crippen LogP contribution in [0.4, 0.5) is 0 Å². The zero-order chi connectivity index (χ0) is 32.0. The molecule has 2 aliphatic heterocycles. The van der Waals surface area contributed by atoms with Gasteiger partial charge in [-0.1, -0.05) is 45.9 Å². The molecule has 0 unspecified atom stereocenters. The van der Waals surface area contributed by atoms with Crippen LogP contribution in [0.25, 0.3) is 0 Å². The summed E-state index contributed by atoms with van der Waals surface area (Å²) >= 11 is 0. The van der Waals surface area contributed by atoms with E-state index in [2.05, 4.69) is 12.2 Å². The SMILES string of the molecule is C/C(=C/C=C/[C@H](C)[C@H](O)[C@@H](C)[C@@H](O)[C@@H](C)[C@@H]1O[C@@]2(C)CC[C@H](O2)[C@H]1C)C(=O)NC1=CC(=O)c2cc(O)c(O)c(O)c2C1=O. The minimum absolute atomic E-state index is 0.0894. The van der Waals surface area contributed by atoms with Crippen LogP contribution in [0.15, 0.2) is 41.6 Å². The van der Waals surface area contributed by atoms with Crippen LogP contribution in [0.1, 0.15) is 75.1 Å². The molecule has 1 aromatic rings. The molecule has 1 aromatic carbocycles. The maximum Gasteiger partial charge on any atom is 0.251 e. The summed E-state index contributed by atoms with van der Waals surface area (Å²) < 4.78 is 12.3. The zero-order valence-corrected chi connectivity index (χ0v) is 25.2. The van der Waals surface area contributed by atoms with Crippen LogP contribution in [0, 0.1) is 23.7 Å². The lowest BCUT2D eigenvalue weighted by Crippen LogP contribution is -2.52. The van der Waals surface area contributed by atoms with Crippen LogP contribution in [0.2, 0.25) is 0 Å².